The van der Waals surface area contributed by atoms with Crippen molar-refractivity contribution in [2.24, 2.45) is 5.73 Å². The van der Waals surface area contributed by atoms with Crippen LogP contribution < -0.4 is 10.5 Å². The standard InChI is InChI=1S/C13H16N4O/c1-8-4-5-11(18-3)10(6-8)13-16-9(2)15-12(7-14)17-13/h4-6H,7,14H2,1-3H3. The second-order valence-electron chi connectivity index (χ2n) is 4.03. The van der Waals surface area contributed by atoms with Gasteiger partial charge in [-0.1, -0.05) is 11.6 Å². The van der Waals surface area contributed by atoms with Crippen molar-refractivity contribution >= 4 is 0 Å². The SMILES string of the molecule is COc1ccc(C)cc1-c1nc(C)nc(CN)n1. The van der Waals surface area contributed by atoms with E-state index in [1.54, 1.807) is 7.11 Å². The van der Waals surface area contributed by atoms with Crippen molar-refractivity contribution in [3.8, 4) is 17.1 Å². The Morgan fingerprint density at radius 3 is 2.61 bits per heavy atom. The van der Waals surface area contributed by atoms with Gasteiger partial charge in [0.2, 0.25) is 0 Å². The molecule has 2 aromatic rings. The fraction of sp³-hybridized carbons (Fsp3) is 0.308. The summed E-state index contributed by atoms with van der Waals surface area (Å²) in [5, 5.41) is 0. The van der Waals surface area contributed by atoms with E-state index < -0.39 is 0 Å². The zero-order valence-corrected chi connectivity index (χ0v) is 10.8. The molecule has 0 saturated heterocycles. The molecule has 0 aliphatic carbocycles. The van der Waals surface area contributed by atoms with Crippen molar-refractivity contribution in [1.29, 1.82) is 0 Å². The lowest BCUT2D eigenvalue weighted by Crippen LogP contribution is -2.07. The van der Waals surface area contributed by atoms with E-state index in [9.17, 15) is 0 Å². The van der Waals surface area contributed by atoms with Gasteiger partial charge >= 0.3 is 0 Å². The molecule has 2 rings (SSSR count). The highest BCUT2D eigenvalue weighted by Crippen LogP contribution is 2.28. The Kier molecular flexibility index (Phi) is 3.53. The van der Waals surface area contributed by atoms with Gasteiger partial charge in [-0.15, -0.1) is 0 Å². The first-order valence-electron chi connectivity index (χ1n) is 5.70. The number of nitrogens with two attached hydrogens (primary N) is 1. The third kappa shape index (κ3) is 2.46. The first kappa shape index (κ1) is 12.4. The van der Waals surface area contributed by atoms with Crippen LogP contribution in [0, 0.1) is 13.8 Å². The van der Waals surface area contributed by atoms with E-state index in [2.05, 4.69) is 15.0 Å². The minimum atomic E-state index is 0.296. The van der Waals surface area contributed by atoms with Gasteiger partial charge in [-0.2, -0.15) is 0 Å². The molecule has 0 aliphatic heterocycles. The summed E-state index contributed by atoms with van der Waals surface area (Å²) in [5.41, 5.74) is 7.56. The molecular weight excluding hydrogens is 228 g/mol. The van der Waals surface area contributed by atoms with Crippen LogP contribution in [0.25, 0.3) is 11.4 Å². The van der Waals surface area contributed by atoms with Crippen LogP contribution in [-0.2, 0) is 6.54 Å². The molecule has 1 aromatic heterocycles. The lowest BCUT2D eigenvalue weighted by atomic mass is 10.1. The van der Waals surface area contributed by atoms with Crippen molar-refractivity contribution in [2.75, 3.05) is 7.11 Å². The maximum atomic E-state index is 5.58. The van der Waals surface area contributed by atoms with Gasteiger partial charge in [-0.25, -0.2) is 15.0 Å². The molecule has 0 saturated carbocycles. The minimum Gasteiger partial charge on any atom is -0.496 e. The molecule has 0 amide bonds. The highest BCUT2D eigenvalue weighted by atomic mass is 16.5. The molecule has 94 valence electrons. The average Bonchev–Trinajstić information content (AvgIpc) is 2.38. The second-order valence-corrected chi connectivity index (χ2v) is 4.03. The number of nitrogens with zero attached hydrogens (tertiary/aromatic N) is 3. The van der Waals surface area contributed by atoms with E-state index in [1.165, 1.54) is 0 Å². The Morgan fingerprint density at radius 2 is 1.94 bits per heavy atom. The van der Waals surface area contributed by atoms with Crippen LogP contribution in [0.3, 0.4) is 0 Å². The van der Waals surface area contributed by atoms with Crippen LogP contribution in [0.2, 0.25) is 0 Å². The zero-order valence-electron chi connectivity index (χ0n) is 10.8. The molecule has 0 spiro atoms. The predicted octanol–water partition coefficient (Wildman–Crippen LogP) is 1.62. The summed E-state index contributed by atoms with van der Waals surface area (Å²) in [6.07, 6.45) is 0. The largest absolute Gasteiger partial charge is 0.496 e. The molecule has 0 bridgehead atoms. The van der Waals surface area contributed by atoms with E-state index >= 15 is 0 Å². The lowest BCUT2D eigenvalue weighted by molar-refractivity contribution is 0.416. The smallest absolute Gasteiger partial charge is 0.167 e. The van der Waals surface area contributed by atoms with Crippen molar-refractivity contribution in [3.63, 3.8) is 0 Å². The number of ether oxygens (including phenoxy) is 1. The van der Waals surface area contributed by atoms with E-state index in [1.807, 2.05) is 32.0 Å². The summed E-state index contributed by atoms with van der Waals surface area (Å²) < 4.78 is 5.34. The Balaban J connectivity index is 2.60. The molecule has 1 aromatic carbocycles. The second kappa shape index (κ2) is 5.10. The van der Waals surface area contributed by atoms with Gasteiger partial charge in [0.25, 0.3) is 0 Å². The monoisotopic (exact) mass is 244 g/mol. The number of hydrogen-bond donors (Lipinski definition) is 1. The van der Waals surface area contributed by atoms with Gasteiger partial charge in [0.15, 0.2) is 5.82 Å². The fourth-order valence-corrected chi connectivity index (χ4v) is 1.75. The molecule has 5 heteroatoms. The molecule has 0 fully saturated rings. The van der Waals surface area contributed by atoms with E-state index in [0.29, 0.717) is 24.0 Å². The normalized spacial score (nSPS) is 10.4. The van der Waals surface area contributed by atoms with Crippen LogP contribution in [-0.4, -0.2) is 22.1 Å². The van der Waals surface area contributed by atoms with Crippen molar-refractivity contribution < 1.29 is 4.74 Å². The highest BCUT2D eigenvalue weighted by molar-refractivity contribution is 5.65. The van der Waals surface area contributed by atoms with Gasteiger partial charge in [0.05, 0.1) is 19.2 Å². The molecule has 0 unspecified atom stereocenters. The maximum absolute atomic E-state index is 5.58. The predicted molar refractivity (Wildman–Crippen MR) is 69.2 cm³/mol. The molecule has 5 nitrogen and oxygen atoms in total. The Bertz CT molecular complexity index is 569. The van der Waals surface area contributed by atoms with E-state index in [0.717, 1.165) is 16.9 Å². The summed E-state index contributed by atoms with van der Waals surface area (Å²) >= 11 is 0. The van der Waals surface area contributed by atoms with Crippen LogP contribution in [0.15, 0.2) is 18.2 Å². The highest BCUT2D eigenvalue weighted by Gasteiger charge is 2.11. The minimum absolute atomic E-state index is 0.296. The summed E-state index contributed by atoms with van der Waals surface area (Å²) in [4.78, 5) is 12.9. The molecule has 0 radical (unpaired) electrons. The summed E-state index contributed by atoms with van der Waals surface area (Å²) in [7, 11) is 1.63. The van der Waals surface area contributed by atoms with Crippen LogP contribution in [0.5, 0.6) is 5.75 Å². The quantitative estimate of drug-likeness (QED) is 0.888. The third-order valence-corrected chi connectivity index (χ3v) is 2.57. The van der Waals surface area contributed by atoms with Gasteiger partial charge in [0.1, 0.15) is 17.4 Å². The molecular formula is C13H16N4O. The van der Waals surface area contributed by atoms with E-state index in [-0.39, 0.29) is 0 Å². The number of rotatable bonds is 3. The number of methoxy groups -OCH3 is 1. The first-order valence-corrected chi connectivity index (χ1v) is 5.70. The number of aromatic nitrogens is 3. The van der Waals surface area contributed by atoms with Crippen LogP contribution in [0.1, 0.15) is 17.2 Å². The van der Waals surface area contributed by atoms with Crippen molar-refractivity contribution in [3.05, 3.63) is 35.4 Å². The summed E-state index contributed by atoms with van der Waals surface area (Å²) in [5.74, 6) is 2.59. The number of hydrogen-bond acceptors (Lipinski definition) is 5. The zero-order chi connectivity index (χ0) is 13.1. The molecule has 0 atom stereocenters. The molecule has 1 heterocycles. The lowest BCUT2D eigenvalue weighted by Gasteiger charge is -2.09. The van der Waals surface area contributed by atoms with E-state index in [4.69, 9.17) is 10.5 Å². The van der Waals surface area contributed by atoms with Gasteiger partial charge < -0.3 is 10.5 Å². The Morgan fingerprint density at radius 1 is 1.17 bits per heavy atom. The molecule has 0 aliphatic rings. The fourth-order valence-electron chi connectivity index (χ4n) is 1.75. The van der Waals surface area contributed by atoms with Crippen molar-refractivity contribution in [1.82, 2.24) is 15.0 Å². The topological polar surface area (TPSA) is 73.9 Å². The van der Waals surface area contributed by atoms with Gasteiger partial charge in [-0.3, -0.25) is 0 Å². The van der Waals surface area contributed by atoms with Gasteiger partial charge in [-0.05, 0) is 26.0 Å². The summed E-state index contributed by atoms with van der Waals surface area (Å²) in [6, 6.07) is 5.89. The number of aryl methyl sites for hydroxylation is 2. The molecule has 2 N–H and O–H groups in total. The summed E-state index contributed by atoms with van der Waals surface area (Å²) in [6.45, 7) is 4.14. The first-order chi connectivity index (χ1) is 8.63. The Hall–Kier alpha value is -2.01. The third-order valence-electron chi connectivity index (χ3n) is 2.57. The van der Waals surface area contributed by atoms with Gasteiger partial charge in [0, 0.05) is 0 Å². The van der Waals surface area contributed by atoms with Crippen LogP contribution >= 0.6 is 0 Å². The average molecular weight is 244 g/mol. The molecule has 18 heavy (non-hydrogen) atoms. The Labute approximate surface area is 106 Å². The van der Waals surface area contributed by atoms with Crippen molar-refractivity contribution in [2.45, 2.75) is 20.4 Å². The number of benzene rings is 1. The van der Waals surface area contributed by atoms with Crippen LogP contribution in [0.4, 0.5) is 0 Å². The maximum Gasteiger partial charge on any atom is 0.167 e.